The lowest BCUT2D eigenvalue weighted by molar-refractivity contribution is -0.384. The Hall–Kier alpha value is -3.42. The van der Waals surface area contributed by atoms with E-state index in [9.17, 15) is 14.9 Å². The standard InChI is InChI=1S/C19H18N2O6/c1-12-9-17(16-8-7-15(25-2)11-18(16)26-12)20-27-19(22)10-13-3-5-14(6-4-13)21(23)24/h3-8,11-12H,9-10H2,1-2H3/b20-17-/t12-/m1/s1. The van der Waals surface area contributed by atoms with Gasteiger partial charge in [0.15, 0.2) is 0 Å². The van der Waals surface area contributed by atoms with Crippen molar-refractivity contribution in [3.8, 4) is 11.5 Å². The molecule has 1 aliphatic rings. The highest BCUT2D eigenvalue weighted by molar-refractivity contribution is 6.04. The van der Waals surface area contributed by atoms with E-state index in [0.29, 0.717) is 29.2 Å². The van der Waals surface area contributed by atoms with E-state index in [1.54, 1.807) is 19.2 Å². The van der Waals surface area contributed by atoms with Crippen molar-refractivity contribution in [2.45, 2.75) is 25.9 Å². The lowest BCUT2D eigenvalue weighted by Crippen LogP contribution is -2.25. The van der Waals surface area contributed by atoms with Gasteiger partial charge in [0.2, 0.25) is 0 Å². The molecule has 0 N–H and O–H groups in total. The molecule has 1 heterocycles. The molecular formula is C19H18N2O6. The van der Waals surface area contributed by atoms with Crippen LogP contribution in [0.1, 0.15) is 24.5 Å². The summed E-state index contributed by atoms with van der Waals surface area (Å²) in [5, 5.41) is 14.7. The van der Waals surface area contributed by atoms with E-state index in [2.05, 4.69) is 5.16 Å². The van der Waals surface area contributed by atoms with Gasteiger partial charge in [0.25, 0.3) is 5.69 Å². The van der Waals surface area contributed by atoms with E-state index < -0.39 is 10.9 Å². The quantitative estimate of drug-likeness (QED) is 0.455. The summed E-state index contributed by atoms with van der Waals surface area (Å²) in [6.07, 6.45) is 0.359. The topological polar surface area (TPSA) is 100 Å². The van der Waals surface area contributed by atoms with Gasteiger partial charge in [-0.1, -0.05) is 17.3 Å². The van der Waals surface area contributed by atoms with Crippen molar-refractivity contribution < 1.29 is 24.0 Å². The Bertz CT molecular complexity index is 892. The van der Waals surface area contributed by atoms with Gasteiger partial charge in [-0.2, -0.15) is 0 Å². The van der Waals surface area contributed by atoms with Gasteiger partial charge in [0, 0.05) is 30.2 Å². The van der Waals surface area contributed by atoms with Crippen molar-refractivity contribution in [2.24, 2.45) is 5.16 Å². The normalized spacial score (nSPS) is 17.0. The molecule has 8 heteroatoms. The van der Waals surface area contributed by atoms with Crippen LogP contribution in [0.2, 0.25) is 0 Å². The lowest BCUT2D eigenvalue weighted by Gasteiger charge is -2.24. The van der Waals surface area contributed by atoms with Crippen LogP contribution in [-0.2, 0) is 16.1 Å². The lowest BCUT2D eigenvalue weighted by atomic mass is 10.0. The van der Waals surface area contributed by atoms with E-state index in [0.717, 1.165) is 5.56 Å². The largest absolute Gasteiger partial charge is 0.497 e. The van der Waals surface area contributed by atoms with Gasteiger partial charge in [-0.05, 0) is 24.6 Å². The Kier molecular flexibility index (Phi) is 5.35. The molecule has 0 amide bonds. The second kappa shape index (κ2) is 7.86. The van der Waals surface area contributed by atoms with Gasteiger partial charge in [0.05, 0.1) is 24.2 Å². The first kappa shape index (κ1) is 18.4. The molecule has 0 spiro atoms. The molecule has 0 bridgehead atoms. The third-order valence-corrected chi connectivity index (χ3v) is 4.06. The highest BCUT2D eigenvalue weighted by Crippen LogP contribution is 2.31. The maximum absolute atomic E-state index is 12.1. The van der Waals surface area contributed by atoms with Gasteiger partial charge < -0.3 is 14.3 Å². The molecule has 0 saturated heterocycles. The summed E-state index contributed by atoms with van der Waals surface area (Å²) in [6, 6.07) is 11.1. The van der Waals surface area contributed by atoms with Crippen LogP contribution in [0.5, 0.6) is 11.5 Å². The minimum Gasteiger partial charge on any atom is -0.497 e. The van der Waals surface area contributed by atoms with E-state index in [1.807, 2.05) is 13.0 Å². The van der Waals surface area contributed by atoms with Crippen LogP contribution in [0.3, 0.4) is 0 Å². The van der Waals surface area contributed by atoms with E-state index in [4.69, 9.17) is 14.3 Å². The average Bonchev–Trinajstić information content (AvgIpc) is 2.65. The number of benzene rings is 2. The summed E-state index contributed by atoms with van der Waals surface area (Å²) in [5.41, 5.74) is 1.94. The first-order chi connectivity index (χ1) is 13.0. The van der Waals surface area contributed by atoms with E-state index in [1.165, 1.54) is 24.3 Å². The highest BCUT2D eigenvalue weighted by Gasteiger charge is 2.23. The molecule has 2 aromatic rings. The number of nitro groups is 1. The van der Waals surface area contributed by atoms with Gasteiger partial charge in [0.1, 0.15) is 17.6 Å². The van der Waals surface area contributed by atoms with Crippen LogP contribution in [0.15, 0.2) is 47.6 Å². The predicted molar refractivity (Wildman–Crippen MR) is 97.1 cm³/mol. The number of carbonyl (C=O) groups is 1. The number of carbonyl (C=O) groups excluding carboxylic acids is 1. The fraction of sp³-hybridized carbons (Fsp3) is 0.263. The number of hydrogen-bond acceptors (Lipinski definition) is 7. The molecule has 0 saturated carbocycles. The number of rotatable bonds is 5. The zero-order valence-electron chi connectivity index (χ0n) is 14.9. The third kappa shape index (κ3) is 4.41. The zero-order chi connectivity index (χ0) is 19.4. The Labute approximate surface area is 155 Å². The van der Waals surface area contributed by atoms with Crippen LogP contribution >= 0.6 is 0 Å². The summed E-state index contributed by atoms with van der Waals surface area (Å²) < 4.78 is 11.0. The number of fused-ring (bicyclic) bond motifs is 1. The number of non-ortho nitro benzene ring substituents is 1. The van der Waals surface area contributed by atoms with E-state index >= 15 is 0 Å². The summed E-state index contributed by atoms with van der Waals surface area (Å²) in [5.74, 6) is 0.737. The van der Waals surface area contributed by atoms with Crippen molar-refractivity contribution in [1.29, 1.82) is 0 Å². The molecule has 3 rings (SSSR count). The van der Waals surface area contributed by atoms with Gasteiger partial charge in [-0.15, -0.1) is 0 Å². The second-order valence-electron chi connectivity index (χ2n) is 6.10. The Morgan fingerprint density at radius 3 is 2.70 bits per heavy atom. The first-order valence-corrected chi connectivity index (χ1v) is 8.31. The maximum Gasteiger partial charge on any atom is 0.339 e. The molecule has 1 aliphatic heterocycles. The van der Waals surface area contributed by atoms with Crippen molar-refractivity contribution in [2.75, 3.05) is 7.11 Å². The van der Waals surface area contributed by atoms with Crippen LogP contribution in [0.4, 0.5) is 5.69 Å². The van der Waals surface area contributed by atoms with Crippen LogP contribution in [0.25, 0.3) is 0 Å². The molecule has 2 aromatic carbocycles. The first-order valence-electron chi connectivity index (χ1n) is 8.31. The fourth-order valence-corrected chi connectivity index (χ4v) is 2.73. The molecule has 1 atom stereocenters. The highest BCUT2D eigenvalue weighted by atomic mass is 16.7. The van der Waals surface area contributed by atoms with Crippen molar-refractivity contribution in [1.82, 2.24) is 0 Å². The van der Waals surface area contributed by atoms with Gasteiger partial charge in [-0.3, -0.25) is 10.1 Å². The number of nitrogens with zero attached hydrogens (tertiary/aromatic N) is 2. The van der Waals surface area contributed by atoms with Crippen LogP contribution in [0, 0.1) is 10.1 Å². The Balaban J connectivity index is 1.70. The SMILES string of the molecule is COc1ccc2c(c1)O[C@H](C)C/C2=N/OC(=O)Cc1ccc([N+](=O)[O-])cc1. The molecule has 0 aliphatic carbocycles. The van der Waals surface area contributed by atoms with Crippen molar-refractivity contribution >= 4 is 17.4 Å². The molecular weight excluding hydrogens is 352 g/mol. The number of ether oxygens (including phenoxy) is 2. The Morgan fingerprint density at radius 1 is 1.30 bits per heavy atom. The summed E-state index contributed by atoms with van der Waals surface area (Å²) in [7, 11) is 1.57. The number of methoxy groups -OCH3 is 1. The third-order valence-electron chi connectivity index (χ3n) is 4.06. The smallest absolute Gasteiger partial charge is 0.339 e. The average molecular weight is 370 g/mol. The number of nitro benzene ring substituents is 1. The molecule has 0 radical (unpaired) electrons. The molecule has 140 valence electrons. The van der Waals surface area contributed by atoms with E-state index in [-0.39, 0.29) is 18.2 Å². The predicted octanol–water partition coefficient (Wildman–Crippen LogP) is 3.26. The van der Waals surface area contributed by atoms with Crippen LogP contribution < -0.4 is 9.47 Å². The van der Waals surface area contributed by atoms with Crippen molar-refractivity contribution in [3.05, 3.63) is 63.7 Å². The van der Waals surface area contributed by atoms with Gasteiger partial charge >= 0.3 is 5.97 Å². The second-order valence-corrected chi connectivity index (χ2v) is 6.10. The molecule has 0 aromatic heterocycles. The molecule has 0 fully saturated rings. The summed E-state index contributed by atoms with van der Waals surface area (Å²) in [4.78, 5) is 27.3. The monoisotopic (exact) mass is 370 g/mol. The maximum atomic E-state index is 12.1. The minimum atomic E-state index is -0.550. The van der Waals surface area contributed by atoms with Crippen molar-refractivity contribution in [3.63, 3.8) is 0 Å². The number of hydrogen-bond donors (Lipinski definition) is 0. The zero-order valence-corrected chi connectivity index (χ0v) is 14.9. The van der Waals surface area contributed by atoms with Gasteiger partial charge in [-0.25, -0.2) is 4.79 Å². The minimum absolute atomic E-state index is 0.0315. The summed E-state index contributed by atoms with van der Waals surface area (Å²) in [6.45, 7) is 1.90. The molecule has 0 unspecified atom stereocenters. The molecule has 27 heavy (non-hydrogen) atoms. The Morgan fingerprint density at radius 2 is 2.04 bits per heavy atom. The van der Waals surface area contributed by atoms with Crippen LogP contribution in [-0.4, -0.2) is 29.8 Å². The fourth-order valence-electron chi connectivity index (χ4n) is 2.73. The molecule has 8 nitrogen and oxygen atoms in total. The number of oxime groups is 1. The summed E-state index contributed by atoms with van der Waals surface area (Å²) >= 11 is 0.